The zero-order valence-electron chi connectivity index (χ0n) is 21.7. The number of para-hydroxylation sites is 1. The van der Waals surface area contributed by atoms with Gasteiger partial charge in [-0.2, -0.15) is 0 Å². The molecule has 1 aromatic heterocycles. The quantitative estimate of drug-likeness (QED) is 0.186. The fourth-order valence-corrected chi connectivity index (χ4v) is 6.88. The minimum Gasteiger partial charge on any atom is -0.454 e. The summed E-state index contributed by atoms with van der Waals surface area (Å²) in [5.74, 6) is -0.904. The van der Waals surface area contributed by atoms with E-state index in [1.807, 2.05) is 24.3 Å². The molecule has 4 aromatic rings. The standard InChI is InChI=1S/C33H26N2O5/c36-28(19-7-2-1-3-8-19)18-40-33(39)25-17-27(34-26-12-5-4-11-24(25)26)20-9-6-10-23(16-20)35-31(37)29-21-13-14-22(15-21)30(29)32(35)38/h1-12,16-17,21-22,29-30H,13-15,18H2/t21-,22-,29-,30+/m0/s1. The van der Waals surface area contributed by atoms with Gasteiger partial charge in [0.1, 0.15) is 0 Å². The van der Waals surface area contributed by atoms with Crippen molar-refractivity contribution in [2.24, 2.45) is 23.7 Å². The van der Waals surface area contributed by atoms with Crippen LogP contribution in [0, 0.1) is 23.7 Å². The maximum absolute atomic E-state index is 13.4. The molecule has 0 spiro atoms. The van der Waals surface area contributed by atoms with Crippen LogP contribution >= 0.6 is 0 Å². The van der Waals surface area contributed by atoms with E-state index in [1.165, 1.54) is 4.90 Å². The number of anilines is 1. The van der Waals surface area contributed by atoms with E-state index in [9.17, 15) is 19.2 Å². The molecule has 3 aromatic carbocycles. The highest BCUT2D eigenvalue weighted by atomic mass is 16.5. The molecular weight excluding hydrogens is 504 g/mol. The van der Waals surface area contributed by atoms with Crippen LogP contribution in [-0.4, -0.2) is 35.2 Å². The van der Waals surface area contributed by atoms with Gasteiger partial charge in [0, 0.05) is 16.5 Å². The predicted molar refractivity (Wildman–Crippen MR) is 149 cm³/mol. The third-order valence-corrected chi connectivity index (χ3v) is 8.69. The number of fused-ring (bicyclic) bond motifs is 6. The van der Waals surface area contributed by atoms with Crippen LogP contribution < -0.4 is 4.90 Å². The summed E-state index contributed by atoms with van der Waals surface area (Å²) in [4.78, 5) is 58.6. The molecule has 0 radical (unpaired) electrons. The van der Waals surface area contributed by atoms with Gasteiger partial charge in [0.15, 0.2) is 12.4 Å². The van der Waals surface area contributed by atoms with E-state index in [4.69, 9.17) is 9.72 Å². The second-order valence-corrected chi connectivity index (χ2v) is 10.9. The second-order valence-electron chi connectivity index (χ2n) is 10.9. The number of carbonyl (C=O) groups is 4. The van der Waals surface area contributed by atoms with E-state index in [0.29, 0.717) is 45.2 Å². The maximum atomic E-state index is 13.4. The van der Waals surface area contributed by atoms with Crippen molar-refractivity contribution < 1.29 is 23.9 Å². The van der Waals surface area contributed by atoms with Crippen LogP contribution in [0.2, 0.25) is 0 Å². The number of imide groups is 1. The van der Waals surface area contributed by atoms with Gasteiger partial charge >= 0.3 is 5.97 Å². The molecule has 1 saturated heterocycles. The first-order valence-corrected chi connectivity index (χ1v) is 13.6. The largest absolute Gasteiger partial charge is 0.454 e. The third kappa shape index (κ3) is 3.92. The zero-order valence-corrected chi connectivity index (χ0v) is 21.7. The van der Waals surface area contributed by atoms with E-state index in [2.05, 4.69) is 0 Å². The highest BCUT2D eigenvalue weighted by Gasteiger charge is 2.61. The van der Waals surface area contributed by atoms with Gasteiger partial charge in [-0.25, -0.2) is 9.78 Å². The first kappa shape index (κ1) is 24.4. The molecule has 198 valence electrons. The Balaban J connectivity index is 1.20. The summed E-state index contributed by atoms with van der Waals surface area (Å²) in [6, 6.07) is 24.7. The molecule has 3 fully saturated rings. The number of rotatable bonds is 6. The third-order valence-electron chi connectivity index (χ3n) is 8.69. The number of benzene rings is 3. The van der Waals surface area contributed by atoms with Crippen molar-refractivity contribution in [3.63, 3.8) is 0 Å². The number of Topliss-reactive ketones (excluding diaryl/α,β-unsaturated/α-hetero) is 1. The molecule has 2 bridgehead atoms. The Morgan fingerprint density at radius 1 is 0.825 bits per heavy atom. The van der Waals surface area contributed by atoms with Crippen LogP contribution in [-0.2, 0) is 14.3 Å². The highest BCUT2D eigenvalue weighted by Crippen LogP contribution is 2.56. The Hall–Kier alpha value is -4.65. The van der Waals surface area contributed by atoms with Gasteiger partial charge < -0.3 is 4.74 Å². The minimum atomic E-state index is -0.631. The lowest BCUT2D eigenvalue weighted by Gasteiger charge is -2.19. The first-order chi connectivity index (χ1) is 19.5. The van der Waals surface area contributed by atoms with E-state index >= 15 is 0 Å². The Bertz CT molecular complexity index is 1670. The normalized spacial score (nSPS) is 23.1. The number of pyridine rings is 1. The number of aromatic nitrogens is 1. The molecule has 7 nitrogen and oxygen atoms in total. The van der Waals surface area contributed by atoms with Crippen molar-refractivity contribution >= 4 is 40.2 Å². The Labute approximate surface area is 230 Å². The molecule has 2 heterocycles. The summed E-state index contributed by atoms with van der Waals surface area (Å²) < 4.78 is 5.43. The van der Waals surface area contributed by atoms with Crippen molar-refractivity contribution in [1.29, 1.82) is 0 Å². The topological polar surface area (TPSA) is 93.6 Å². The molecule has 40 heavy (non-hydrogen) atoms. The van der Waals surface area contributed by atoms with Crippen LogP contribution in [0.4, 0.5) is 5.69 Å². The van der Waals surface area contributed by atoms with E-state index < -0.39 is 5.97 Å². The van der Waals surface area contributed by atoms with Gasteiger partial charge in [-0.3, -0.25) is 19.3 Å². The van der Waals surface area contributed by atoms with Gasteiger partial charge in [0.25, 0.3) is 0 Å². The molecule has 7 rings (SSSR count). The fraction of sp³-hybridized carbons (Fsp3) is 0.242. The molecule has 3 aliphatic rings. The van der Waals surface area contributed by atoms with Crippen LogP contribution in [0.25, 0.3) is 22.2 Å². The maximum Gasteiger partial charge on any atom is 0.339 e. The van der Waals surface area contributed by atoms with Crippen molar-refractivity contribution in [1.82, 2.24) is 4.98 Å². The Kier molecular flexibility index (Phi) is 5.81. The molecule has 0 N–H and O–H groups in total. The lowest BCUT2D eigenvalue weighted by molar-refractivity contribution is -0.123. The first-order valence-electron chi connectivity index (χ1n) is 13.6. The number of amides is 2. The van der Waals surface area contributed by atoms with E-state index in [0.717, 1.165) is 19.3 Å². The smallest absolute Gasteiger partial charge is 0.339 e. The number of ether oxygens (including phenoxy) is 1. The van der Waals surface area contributed by atoms with Gasteiger partial charge in [-0.1, -0.05) is 60.7 Å². The number of carbonyl (C=O) groups excluding carboxylic acids is 4. The lowest BCUT2D eigenvalue weighted by Crippen LogP contribution is -2.32. The highest BCUT2D eigenvalue weighted by molar-refractivity contribution is 6.22. The average molecular weight is 531 g/mol. The van der Waals surface area contributed by atoms with Gasteiger partial charge in [0.2, 0.25) is 11.8 Å². The second kappa shape index (κ2) is 9.52. The molecule has 0 unspecified atom stereocenters. The van der Waals surface area contributed by atoms with Gasteiger partial charge in [-0.15, -0.1) is 0 Å². The number of esters is 1. The van der Waals surface area contributed by atoms with Crippen LogP contribution in [0.5, 0.6) is 0 Å². The molecule has 2 aliphatic carbocycles. The summed E-state index contributed by atoms with van der Waals surface area (Å²) in [7, 11) is 0. The van der Waals surface area contributed by atoms with Crippen LogP contribution in [0.15, 0.2) is 84.9 Å². The van der Waals surface area contributed by atoms with E-state index in [-0.39, 0.29) is 41.6 Å². The summed E-state index contributed by atoms with van der Waals surface area (Å²) in [5, 5.41) is 0.604. The fourth-order valence-electron chi connectivity index (χ4n) is 6.88. The zero-order chi connectivity index (χ0) is 27.4. The van der Waals surface area contributed by atoms with Gasteiger partial charge in [-0.05, 0) is 55.4 Å². The number of ketones is 1. The summed E-state index contributed by atoms with van der Waals surface area (Å²) in [6.45, 7) is -0.381. The molecule has 2 saturated carbocycles. The molecule has 4 atom stereocenters. The van der Waals surface area contributed by atoms with Crippen molar-refractivity contribution in [2.75, 3.05) is 11.5 Å². The summed E-state index contributed by atoms with van der Waals surface area (Å²) in [5.41, 5.74) is 3.03. The monoisotopic (exact) mass is 530 g/mol. The molecular formula is C33H26N2O5. The minimum absolute atomic E-state index is 0.0989. The summed E-state index contributed by atoms with van der Waals surface area (Å²) in [6.07, 6.45) is 3.03. The predicted octanol–water partition coefficient (Wildman–Crippen LogP) is 5.48. The number of hydrogen-bond acceptors (Lipinski definition) is 6. The SMILES string of the molecule is O=C(COC(=O)c1cc(-c2cccc(N3C(=O)[C@@H]4[C@H]5CC[C@@H](C5)[C@@H]4C3=O)c2)nc2ccccc12)c1ccccc1. The molecule has 2 amide bonds. The van der Waals surface area contributed by atoms with Crippen molar-refractivity contribution in [2.45, 2.75) is 19.3 Å². The molecule has 7 heteroatoms. The summed E-state index contributed by atoms with van der Waals surface area (Å²) >= 11 is 0. The number of nitrogens with zero attached hydrogens (tertiary/aromatic N) is 2. The van der Waals surface area contributed by atoms with Crippen LogP contribution in [0.1, 0.15) is 40.0 Å². The van der Waals surface area contributed by atoms with Crippen molar-refractivity contribution in [3.8, 4) is 11.3 Å². The Morgan fingerprint density at radius 3 is 2.27 bits per heavy atom. The Morgan fingerprint density at radius 2 is 1.52 bits per heavy atom. The van der Waals surface area contributed by atoms with Crippen LogP contribution in [0.3, 0.4) is 0 Å². The van der Waals surface area contributed by atoms with Crippen molar-refractivity contribution in [3.05, 3.63) is 96.1 Å². The molecule has 1 aliphatic heterocycles. The average Bonchev–Trinajstić information content (AvgIpc) is 3.69. The van der Waals surface area contributed by atoms with Gasteiger partial charge in [0.05, 0.1) is 34.3 Å². The number of hydrogen-bond donors (Lipinski definition) is 0. The van der Waals surface area contributed by atoms with E-state index in [1.54, 1.807) is 60.7 Å². The lowest BCUT2D eigenvalue weighted by atomic mass is 9.81.